The predicted octanol–water partition coefficient (Wildman–Crippen LogP) is 3.98. The second kappa shape index (κ2) is 6.88. The van der Waals surface area contributed by atoms with Gasteiger partial charge in [-0.3, -0.25) is 4.79 Å². The summed E-state index contributed by atoms with van der Waals surface area (Å²) >= 11 is 4.93. The number of carbonyl (C=O) groups is 1. The van der Waals surface area contributed by atoms with Gasteiger partial charge in [-0.25, -0.2) is 4.98 Å². The van der Waals surface area contributed by atoms with Gasteiger partial charge in [-0.15, -0.1) is 11.3 Å². The lowest BCUT2D eigenvalue weighted by molar-refractivity contribution is -0.115. The Morgan fingerprint density at radius 2 is 2.04 bits per heavy atom. The van der Waals surface area contributed by atoms with Crippen LogP contribution in [0, 0.1) is 0 Å². The van der Waals surface area contributed by atoms with Gasteiger partial charge in [0.05, 0.1) is 12.1 Å². The van der Waals surface area contributed by atoms with Crippen molar-refractivity contribution in [1.82, 2.24) is 4.98 Å². The van der Waals surface area contributed by atoms with Crippen molar-refractivity contribution in [2.24, 2.45) is 0 Å². The zero-order valence-electron chi connectivity index (χ0n) is 12.9. The number of aromatic nitrogens is 1. The summed E-state index contributed by atoms with van der Waals surface area (Å²) in [6, 6.07) is 3.69. The van der Waals surface area contributed by atoms with Crippen LogP contribution in [-0.4, -0.2) is 24.1 Å². The van der Waals surface area contributed by atoms with Crippen LogP contribution in [0.25, 0.3) is 0 Å². The first-order valence-corrected chi connectivity index (χ1v) is 9.03. The van der Waals surface area contributed by atoms with E-state index in [4.69, 9.17) is 9.47 Å². The van der Waals surface area contributed by atoms with Crippen molar-refractivity contribution in [2.45, 2.75) is 26.2 Å². The van der Waals surface area contributed by atoms with E-state index in [0.717, 1.165) is 15.7 Å². The summed E-state index contributed by atoms with van der Waals surface area (Å²) in [5, 5.41) is 5.45. The van der Waals surface area contributed by atoms with Crippen molar-refractivity contribution >= 4 is 38.3 Å². The second-order valence-corrected chi connectivity index (χ2v) is 7.26. The number of nitrogens with zero attached hydrogens (tertiary/aromatic N) is 1. The molecule has 2 heterocycles. The highest BCUT2D eigenvalue weighted by Gasteiger charge is 2.17. The van der Waals surface area contributed by atoms with E-state index in [0.29, 0.717) is 35.8 Å². The lowest BCUT2D eigenvalue weighted by atomic mass is 10.1. The Morgan fingerprint density at radius 3 is 2.70 bits per heavy atom. The van der Waals surface area contributed by atoms with E-state index in [9.17, 15) is 4.79 Å². The minimum Gasteiger partial charge on any atom is -0.486 e. The normalized spacial score (nSPS) is 13.2. The Kier molecular flexibility index (Phi) is 4.87. The zero-order chi connectivity index (χ0) is 16.4. The molecule has 122 valence electrons. The zero-order valence-corrected chi connectivity index (χ0v) is 15.3. The molecule has 2 aromatic rings. The van der Waals surface area contributed by atoms with Crippen LogP contribution in [0.5, 0.6) is 11.5 Å². The molecule has 1 N–H and O–H groups in total. The first-order chi connectivity index (χ1) is 11.0. The molecular weight excluding hydrogens is 380 g/mol. The fraction of sp³-hybridized carbons (Fsp3) is 0.375. The number of benzene rings is 1. The fourth-order valence-corrected chi connectivity index (χ4v) is 3.54. The van der Waals surface area contributed by atoms with Crippen molar-refractivity contribution in [3.63, 3.8) is 0 Å². The van der Waals surface area contributed by atoms with E-state index in [1.165, 1.54) is 11.3 Å². The SMILES string of the molecule is CC(C)c1csc(NC(=O)Cc2cc3c(cc2Br)OCCO3)n1. The molecule has 5 nitrogen and oxygen atoms in total. The summed E-state index contributed by atoms with van der Waals surface area (Å²) in [5.41, 5.74) is 1.85. The van der Waals surface area contributed by atoms with E-state index in [1.807, 2.05) is 17.5 Å². The Bertz CT molecular complexity index is 730. The number of thiazole rings is 1. The monoisotopic (exact) mass is 396 g/mol. The van der Waals surface area contributed by atoms with Gasteiger partial charge in [0.25, 0.3) is 0 Å². The standard InChI is InChI=1S/C16H17BrN2O3S/c1-9(2)12-8-23-16(18-12)19-15(20)6-10-5-13-14(7-11(10)17)22-4-3-21-13/h5,7-9H,3-4,6H2,1-2H3,(H,18,19,20). The molecule has 1 amide bonds. The number of hydrogen-bond donors (Lipinski definition) is 1. The lowest BCUT2D eigenvalue weighted by Gasteiger charge is -2.19. The highest BCUT2D eigenvalue weighted by Crippen LogP contribution is 2.35. The van der Waals surface area contributed by atoms with Crippen LogP contribution in [0.1, 0.15) is 31.0 Å². The molecule has 1 aliphatic rings. The highest BCUT2D eigenvalue weighted by molar-refractivity contribution is 9.10. The number of anilines is 1. The van der Waals surface area contributed by atoms with Crippen LogP contribution >= 0.6 is 27.3 Å². The average Bonchev–Trinajstić information content (AvgIpc) is 2.96. The Hall–Kier alpha value is -1.60. The van der Waals surface area contributed by atoms with E-state index in [1.54, 1.807) is 0 Å². The van der Waals surface area contributed by atoms with Crippen molar-refractivity contribution in [1.29, 1.82) is 0 Å². The van der Waals surface area contributed by atoms with Gasteiger partial charge < -0.3 is 14.8 Å². The molecule has 0 bridgehead atoms. The molecular formula is C16H17BrN2O3S. The van der Waals surface area contributed by atoms with Gasteiger partial charge in [0.2, 0.25) is 5.91 Å². The molecule has 23 heavy (non-hydrogen) atoms. The third kappa shape index (κ3) is 3.84. The maximum atomic E-state index is 12.2. The summed E-state index contributed by atoms with van der Waals surface area (Å²) in [6.07, 6.45) is 0.244. The van der Waals surface area contributed by atoms with Gasteiger partial charge in [0, 0.05) is 9.85 Å². The second-order valence-electron chi connectivity index (χ2n) is 5.54. The van der Waals surface area contributed by atoms with Crippen LogP contribution in [0.2, 0.25) is 0 Å². The maximum Gasteiger partial charge on any atom is 0.230 e. The largest absolute Gasteiger partial charge is 0.486 e. The fourth-order valence-electron chi connectivity index (χ4n) is 2.19. The van der Waals surface area contributed by atoms with Crippen LogP contribution in [0.15, 0.2) is 22.0 Å². The first-order valence-electron chi connectivity index (χ1n) is 7.36. The molecule has 0 saturated carbocycles. The molecule has 0 radical (unpaired) electrons. The molecule has 0 atom stereocenters. The van der Waals surface area contributed by atoms with Gasteiger partial charge in [0.1, 0.15) is 13.2 Å². The molecule has 7 heteroatoms. The number of amides is 1. The van der Waals surface area contributed by atoms with Gasteiger partial charge in [-0.2, -0.15) is 0 Å². The summed E-state index contributed by atoms with van der Waals surface area (Å²) in [7, 11) is 0. The molecule has 1 aromatic heterocycles. The Labute approximate surface area is 147 Å². The summed E-state index contributed by atoms with van der Waals surface area (Å²) < 4.78 is 11.9. The molecule has 1 aromatic carbocycles. The van der Waals surface area contributed by atoms with Crippen molar-refractivity contribution in [3.05, 3.63) is 33.2 Å². The van der Waals surface area contributed by atoms with E-state index in [2.05, 4.69) is 40.1 Å². The molecule has 0 saturated heterocycles. The first kappa shape index (κ1) is 16.3. The minimum absolute atomic E-state index is 0.105. The molecule has 1 aliphatic heterocycles. The van der Waals surface area contributed by atoms with Crippen LogP contribution in [0.4, 0.5) is 5.13 Å². The molecule has 0 spiro atoms. The quantitative estimate of drug-likeness (QED) is 0.848. The van der Waals surface area contributed by atoms with E-state index >= 15 is 0 Å². The van der Waals surface area contributed by atoms with Crippen molar-refractivity contribution in [3.8, 4) is 11.5 Å². The summed E-state index contributed by atoms with van der Waals surface area (Å²) in [4.78, 5) is 16.7. The van der Waals surface area contributed by atoms with Crippen LogP contribution in [-0.2, 0) is 11.2 Å². The van der Waals surface area contributed by atoms with Crippen molar-refractivity contribution < 1.29 is 14.3 Å². The smallest absolute Gasteiger partial charge is 0.230 e. The highest BCUT2D eigenvalue weighted by atomic mass is 79.9. The number of carbonyl (C=O) groups excluding carboxylic acids is 1. The predicted molar refractivity (Wildman–Crippen MR) is 93.7 cm³/mol. The van der Waals surface area contributed by atoms with Crippen LogP contribution < -0.4 is 14.8 Å². The molecule has 0 unspecified atom stereocenters. The number of hydrogen-bond acceptors (Lipinski definition) is 5. The number of fused-ring (bicyclic) bond motifs is 1. The topological polar surface area (TPSA) is 60.5 Å². The number of rotatable bonds is 4. The summed E-state index contributed by atoms with van der Waals surface area (Å²) in [6.45, 7) is 5.22. The lowest BCUT2D eigenvalue weighted by Crippen LogP contribution is -2.17. The molecule has 3 rings (SSSR count). The average molecular weight is 397 g/mol. The molecule has 0 fully saturated rings. The Balaban J connectivity index is 1.69. The third-order valence-electron chi connectivity index (χ3n) is 3.42. The Morgan fingerprint density at radius 1 is 1.35 bits per heavy atom. The number of nitrogens with one attached hydrogen (secondary N) is 1. The number of halogens is 1. The number of ether oxygens (including phenoxy) is 2. The van der Waals surface area contributed by atoms with Gasteiger partial charge in [-0.1, -0.05) is 29.8 Å². The van der Waals surface area contributed by atoms with E-state index in [-0.39, 0.29) is 12.3 Å². The van der Waals surface area contributed by atoms with Crippen molar-refractivity contribution in [2.75, 3.05) is 18.5 Å². The molecule has 0 aliphatic carbocycles. The van der Waals surface area contributed by atoms with Gasteiger partial charge in [-0.05, 0) is 23.6 Å². The van der Waals surface area contributed by atoms with Gasteiger partial charge >= 0.3 is 0 Å². The summed E-state index contributed by atoms with van der Waals surface area (Å²) in [5.74, 6) is 1.63. The van der Waals surface area contributed by atoms with E-state index < -0.39 is 0 Å². The maximum absolute atomic E-state index is 12.2. The van der Waals surface area contributed by atoms with Gasteiger partial charge in [0.15, 0.2) is 16.6 Å². The third-order valence-corrected chi connectivity index (χ3v) is 4.94. The minimum atomic E-state index is -0.105. The van der Waals surface area contributed by atoms with Crippen LogP contribution in [0.3, 0.4) is 0 Å².